The molecule has 3 aromatic carbocycles. The van der Waals surface area contributed by atoms with Crippen molar-refractivity contribution in [1.29, 1.82) is 0 Å². The van der Waals surface area contributed by atoms with Gasteiger partial charge in [0.05, 0.1) is 14.2 Å². The molecular weight excluding hydrogens is 378 g/mol. The Labute approximate surface area is 176 Å². The van der Waals surface area contributed by atoms with Gasteiger partial charge in [-0.3, -0.25) is 4.79 Å². The Morgan fingerprint density at radius 1 is 0.867 bits per heavy atom. The van der Waals surface area contributed by atoms with E-state index >= 15 is 0 Å². The molecule has 0 aliphatic carbocycles. The van der Waals surface area contributed by atoms with Crippen LogP contribution in [0.3, 0.4) is 0 Å². The Morgan fingerprint density at radius 2 is 1.63 bits per heavy atom. The van der Waals surface area contributed by atoms with Gasteiger partial charge in [0, 0.05) is 12.6 Å². The number of amides is 1. The van der Waals surface area contributed by atoms with Crippen molar-refractivity contribution in [2.24, 2.45) is 0 Å². The Bertz CT molecular complexity index is 982. The van der Waals surface area contributed by atoms with E-state index in [9.17, 15) is 4.79 Å². The first kappa shape index (κ1) is 21.0. The first-order valence-corrected chi connectivity index (χ1v) is 9.61. The molecule has 0 heterocycles. The number of hydrogen-bond donors (Lipinski definition) is 1. The molecule has 0 aromatic heterocycles. The highest BCUT2D eigenvalue weighted by atomic mass is 16.5. The molecule has 5 nitrogen and oxygen atoms in total. The van der Waals surface area contributed by atoms with Crippen LogP contribution in [0.15, 0.2) is 78.9 Å². The zero-order valence-corrected chi connectivity index (χ0v) is 17.1. The van der Waals surface area contributed by atoms with Crippen molar-refractivity contribution < 1.29 is 19.0 Å². The summed E-state index contributed by atoms with van der Waals surface area (Å²) in [6.45, 7) is 0.852. The van der Waals surface area contributed by atoms with E-state index in [4.69, 9.17) is 14.2 Å². The molecule has 0 saturated carbocycles. The molecule has 1 amide bonds. The summed E-state index contributed by atoms with van der Waals surface area (Å²) in [4.78, 5) is 12.1. The Morgan fingerprint density at radius 3 is 2.33 bits per heavy atom. The van der Waals surface area contributed by atoms with Gasteiger partial charge >= 0.3 is 0 Å². The number of rotatable bonds is 9. The summed E-state index contributed by atoms with van der Waals surface area (Å²) in [6, 6.07) is 23.1. The van der Waals surface area contributed by atoms with Gasteiger partial charge in [0.15, 0.2) is 11.5 Å². The highest BCUT2D eigenvalue weighted by Crippen LogP contribution is 2.28. The number of ether oxygens (including phenoxy) is 3. The van der Waals surface area contributed by atoms with Crippen molar-refractivity contribution in [3.8, 4) is 17.2 Å². The van der Waals surface area contributed by atoms with Gasteiger partial charge in [0.1, 0.15) is 12.4 Å². The summed E-state index contributed by atoms with van der Waals surface area (Å²) in [5.41, 5.74) is 2.93. The third kappa shape index (κ3) is 6.14. The predicted octanol–water partition coefficient (Wildman–Crippen LogP) is 4.61. The molecule has 3 aromatic rings. The Hall–Kier alpha value is -3.73. The van der Waals surface area contributed by atoms with E-state index in [1.807, 2.05) is 72.8 Å². The molecule has 5 heteroatoms. The van der Waals surface area contributed by atoms with Crippen LogP contribution >= 0.6 is 0 Å². The predicted molar refractivity (Wildman–Crippen MR) is 118 cm³/mol. The lowest BCUT2D eigenvalue weighted by Crippen LogP contribution is -2.20. The van der Waals surface area contributed by atoms with Crippen LogP contribution in [-0.4, -0.2) is 20.1 Å². The summed E-state index contributed by atoms with van der Waals surface area (Å²) in [5.74, 6) is 1.90. The van der Waals surface area contributed by atoms with Gasteiger partial charge in [-0.1, -0.05) is 48.5 Å². The van der Waals surface area contributed by atoms with E-state index in [-0.39, 0.29) is 5.91 Å². The highest BCUT2D eigenvalue weighted by molar-refractivity contribution is 5.91. The fourth-order valence-electron chi connectivity index (χ4n) is 2.81. The van der Waals surface area contributed by atoms with Crippen LogP contribution in [-0.2, 0) is 17.9 Å². The van der Waals surface area contributed by atoms with E-state index in [1.165, 1.54) is 6.08 Å². The molecular formula is C25H25NO4. The van der Waals surface area contributed by atoms with Crippen molar-refractivity contribution >= 4 is 12.0 Å². The monoisotopic (exact) mass is 403 g/mol. The maximum Gasteiger partial charge on any atom is 0.244 e. The topological polar surface area (TPSA) is 56.8 Å². The molecule has 0 saturated heterocycles. The van der Waals surface area contributed by atoms with Crippen LogP contribution < -0.4 is 19.5 Å². The highest BCUT2D eigenvalue weighted by Gasteiger charge is 2.07. The average molecular weight is 403 g/mol. The molecule has 0 aliphatic rings. The largest absolute Gasteiger partial charge is 0.497 e. The molecule has 1 N–H and O–H groups in total. The van der Waals surface area contributed by atoms with Crippen LogP contribution in [0.5, 0.6) is 17.2 Å². The summed E-state index contributed by atoms with van der Waals surface area (Å²) in [6.07, 6.45) is 3.27. The second-order valence-electron chi connectivity index (χ2n) is 6.58. The van der Waals surface area contributed by atoms with E-state index in [0.717, 1.165) is 22.4 Å². The fraction of sp³-hybridized carbons (Fsp3) is 0.160. The van der Waals surface area contributed by atoms with Crippen molar-refractivity contribution in [2.75, 3.05) is 14.2 Å². The number of methoxy groups -OCH3 is 2. The molecule has 0 aliphatic heterocycles. The number of hydrogen-bond acceptors (Lipinski definition) is 4. The van der Waals surface area contributed by atoms with Gasteiger partial charge in [-0.2, -0.15) is 0 Å². The van der Waals surface area contributed by atoms with Gasteiger partial charge in [-0.05, 0) is 47.0 Å². The summed E-state index contributed by atoms with van der Waals surface area (Å²) in [5, 5.41) is 2.87. The zero-order chi connectivity index (χ0) is 21.2. The SMILES string of the molecule is COc1ccc(/C=C/C(=O)NCc2ccc(OCc3ccccc3)c(OC)c2)cc1. The molecule has 0 unspecified atom stereocenters. The Kier molecular flexibility index (Phi) is 7.50. The summed E-state index contributed by atoms with van der Waals surface area (Å²) >= 11 is 0. The smallest absolute Gasteiger partial charge is 0.244 e. The van der Waals surface area contributed by atoms with Crippen LogP contribution in [0.1, 0.15) is 16.7 Å². The zero-order valence-electron chi connectivity index (χ0n) is 17.1. The van der Waals surface area contributed by atoms with E-state index in [2.05, 4.69) is 5.32 Å². The van der Waals surface area contributed by atoms with Crippen LogP contribution in [0.4, 0.5) is 0 Å². The van der Waals surface area contributed by atoms with Gasteiger partial charge in [-0.25, -0.2) is 0 Å². The number of nitrogens with one attached hydrogen (secondary N) is 1. The second kappa shape index (κ2) is 10.7. The van der Waals surface area contributed by atoms with Crippen molar-refractivity contribution in [3.05, 3.63) is 95.6 Å². The number of benzene rings is 3. The van der Waals surface area contributed by atoms with E-state index < -0.39 is 0 Å². The van der Waals surface area contributed by atoms with Crippen molar-refractivity contribution in [3.63, 3.8) is 0 Å². The molecule has 154 valence electrons. The normalized spacial score (nSPS) is 10.6. The Balaban J connectivity index is 1.54. The van der Waals surface area contributed by atoms with Crippen LogP contribution in [0.25, 0.3) is 6.08 Å². The minimum Gasteiger partial charge on any atom is -0.497 e. The second-order valence-corrected chi connectivity index (χ2v) is 6.58. The van der Waals surface area contributed by atoms with Gasteiger partial charge in [0.25, 0.3) is 0 Å². The standard InChI is InChI=1S/C25H25NO4/c1-28-22-12-8-19(9-13-22)11-15-25(27)26-17-21-10-14-23(24(16-21)29-2)30-18-20-6-4-3-5-7-20/h3-16H,17-18H2,1-2H3,(H,26,27)/b15-11+. The third-order valence-electron chi connectivity index (χ3n) is 4.47. The minimum absolute atomic E-state index is 0.172. The third-order valence-corrected chi connectivity index (χ3v) is 4.47. The van der Waals surface area contributed by atoms with Gasteiger partial charge in [0.2, 0.25) is 5.91 Å². The fourth-order valence-corrected chi connectivity index (χ4v) is 2.81. The molecule has 0 radical (unpaired) electrons. The van der Waals surface area contributed by atoms with Crippen molar-refractivity contribution in [2.45, 2.75) is 13.2 Å². The maximum absolute atomic E-state index is 12.1. The maximum atomic E-state index is 12.1. The first-order valence-electron chi connectivity index (χ1n) is 9.61. The van der Waals surface area contributed by atoms with Gasteiger partial charge in [-0.15, -0.1) is 0 Å². The van der Waals surface area contributed by atoms with E-state index in [0.29, 0.717) is 24.7 Å². The lowest BCUT2D eigenvalue weighted by molar-refractivity contribution is -0.116. The minimum atomic E-state index is -0.172. The van der Waals surface area contributed by atoms with Crippen LogP contribution in [0, 0.1) is 0 Å². The van der Waals surface area contributed by atoms with Crippen molar-refractivity contribution in [1.82, 2.24) is 5.32 Å². The first-order chi connectivity index (χ1) is 14.7. The number of carbonyl (C=O) groups is 1. The lowest BCUT2D eigenvalue weighted by Gasteiger charge is -2.12. The van der Waals surface area contributed by atoms with Gasteiger partial charge < -0.3 is 19.5 Å². The number of carbonyl (C=O) groups excluding carboxylic acids is 1. The molecule has 3 rings (SSSR count). The summed E-state index contributed by atoms with van der Waals surface area (Å²) < 4.78 is 16.4. The average Bonchev–Trinajstić information content (AvgIpc) is 2.81. The van der Waals surface area contributed by atoms with E-state index in [1.54, 1.807) is 20.3 Å². The molecule has 0 fully saturated rings. The quantitative estimate of drug-likeness (QED) is 0.530. The summed E-state index contributed by atoms with van der Waals surface area (Å²) in [7, 11) is 3.22. The van der Waals surface area contributed by atoms with Crippen LogP contribution in [0.2, 0.25) is 0 Å². The molecule has 0 bridgehead atoms. The molecule has 0 atom stereocenters. The molecule has 0 spiro atoms. The molecule has 30 heavy (non-hydrogen) atoms. The lowest BCUT2D eigenvalue weighted by atomic mass is 10.2.